The topological polar surface area (TPSA) is 183 Å². The number of ether oxygens (including phenoxy) is 1. The van der Waals surface area contributed by atoms with Crippen molar-refractivity contribution in [3.63, 3.8) is 0 Å². The van der Waals surface area contributed by atoms with Crippen LogP contribution in [-0.2, 0) is 20.8 Å². The Morgan fingerprint density at radius 2 is 2.00 bits per heavy atom. The van der Waals surface area contributed by atoms with Gasteiger partial charge in [0.15, 0.2) is 11.4 Å². The summed E-state index contributed by atoms with van der Waals surface area (Å²) in [7, 11) is 2.97. The number of nitrogens with one attached hydrogen (secondary N) is 1. The number of rotatable bonds is 5. The molecule has 7 N–H and O–H groups in total. The zero-order valence-corrected chi connectivity index (χ0v) is 21.6. The van der Waals surface area contributed by atoms with Crippen LogP contribution in [-0.4, -0.2) is 81.7 Å². The van der Waals surface area contributed by atoms with Gasteiger partial charge in [-0.25, -0.2) is 0 Å². The Bertz CT molecular complexity index is 1320. The molecule has 1 amide bonds. The van der Waals surface area contributed by atoms with E-state index in [1.165, 1.54) is 14.2 Å². The van der Waals surface area contributed by atoms with Gasteiger partial charge < -0.3 is 36.2 Å². The number of Topliss-reactive ketones (excluding diaryl/α,β-unsaturated/α-hetero) is 2. The molecule has 3 aliphatic carbocycles. The summed E-state index contributed by atoms with van der Waals surface area (Å²) in [6.45, 7) is 3.80. The maximum Gasteiger partial charge on any atom is 0.255 e. The van der Waals surface area contributed by atoms with Crippen LogP contribution in [0.5, 0.6) is 11.5 Å². The zero-order valence-electron chi connectivity index (χ0n) is 21.6. The minimum Gasteiger partial charge on any atom is -0.508 e. The van der Waals surface area contributed by atoms with E-state index in [4.69, 9.17) is 10.5 Å². The first kappa shape index (κ1) is 26.2. The van der Waals surface area contributed by atoms with Gasteiger partial charge in [-0.2, -0.15) is 0 Å². The summed E-state index contributed by atoms with van der Waals surface area (Å²) < 4.78 is 5.83. The van der Waals surface area contributed by atoms with Crippen LogP contribution in [0.3, 0.4) is 0 Å². The lowest BCUT2D eigenvalue weighted by molar-refractivity contribution is -0.150. The fourth-order valence-corrected chi connectivity index (χ4v) is 7.13. The maximum absolute atomic E-state index is 13.8. The molecule has 4 aliphatic rings. The highest BCUT2D eigenvalue weighted by Crippen LogP contribution is 2.54. The van der Waals surface area contributed by atoms with Crippen molar-refractivity contribution in [2.75, 3.05) is 27.2 Å². The first-order valence-electron chi connectivity index (χ1n) is 12.8. The Hall–Kier alpha value is -3.41. The van der Waals surface area contributed by atoms with Gasteiger partial charge in [-0.3, -0.25) is 19.3 Å². The van der Waals surface area contributed by atoms with Crippen LogP contribution >= 0.6 is 0 Å². The van der Waals surface area contributed by atoms with Crippen LogP contribution in [0.2, 0.25) is 0 Å². The van der Waals surface area contributed by atoms with E-state index in [1.807, 2.05) is 0 Å². The van der Waals surface area contributed by atoms with Gasteiger partial charge in [-0.1, -0.05) is 6.92 Å². The number of benzene rings is 1. The molecule has 1 aromatic rings. The predicted octanol–water partition coefficient (Wildman–Crippen LogP) is 0.787. The number of nitrogens with two attached hydrogens (primary N) is 1. The summed E-state index contributed by atoms with van der Waals surface area (Å²) in [4.78, 5) is 41.1. The molecular formula is C27H33N3O8. The number of aromatic hydroxyl groups is 1. The van der Waals surface area contributed by atoms with Crippen molar-refractivity contribution in [1.29, 1.82) is 0 Å². The average molecular weight is 528 g/mol. The van der Waals surface area contributed by atoms with E-state index >= 15 is 0 Å². The predicted molar refractivity (Wildman–Crippen MR) is 135 cm³/mol. The number of aliphatic hydroxyl groups excluding tert-OH is 2. The van der Waals surface area contributed by atoms with Crippen LogP contribution in [0.4, 0.5) is 0 Å². The molecule has 1 saturated carbocycles. The lowest BCUT2D eigenvalue weighted by Crippen LogP contribution is -2.65. The third-order valence-corrected chi connectivity index (χ3v) is 8.82. The fourth-order valence-electron chi connectivity index (χ4n) is 7.13. The third kappa shape index (κ3) is 3.35. The van der Waals surface area contributed by atoms with Gasteiger partial charge in [0.05, 0.1) is 18.7 Å². The summed E-state index contributed by atoms with van der Waals surface area (Å²) in [5, 5.41) is 47.6. The molecular weight excluding hydrogens is 494 g/mol. The summed E-state index contributed by atoms with van der Waals surface area (Å²) in [5.41, 5.74) is 2.99. The van der Waals surface area contributed by atoms with Crippen LogP contribution in [0.1, 0.15) is 48.9 Å². The average Bonchev–Trinajstić information content (AvgIpc) is 3.35. The van der Waals surface area contributed by atoms with Crippen molar-refractivity contribution >= 4 is 23.2 Å². The first-order valence-corrected chi connectivity index (χ1v) is 12.8. The number of nitrogens with zero attached hydrogens (tertiary/aromatic N) is 1. The molecule has 1 aromatic carbocycles. The largest absolute Gasteiger partial charge is 0.508 e. The van der Waals surface area contributed by atoms with Crippen LogP contribution in [0.25, 0.3) is 5.76 Å². The Balaban J connectivity index is 1.70. The maximum atomic E-state index is 13.8. The lowest BCUT2D eigenvalue weighted by atomic mass is 9.57. The summed E-state index contributed by atoms with van der Waals surface area (Å²) in [5.74, 6) is -6.26. The van der Waals surface area contributed by atoms with Gasteiger partial charge in [0, 0.05) is 28.7 Å². The molecule has 5 atom stereocenters. The highest BCUT2D eigenvalue weighted by atomic mass is 16.5. The van der Waals surface area contributed by atoms with Crippen molar-refractivity contribution in [2.45, 2.75) is 50.3 Å². The van der Waals surface area contributed by atoms with Crippen molar-refractivity contribution in [3.05, 3.63) is 39.7 Å². The van der Waals surface area contributed by atoms with Crippen molar-refractivity contribution in [2.24, 2.45) is 17.6 Å². The molecule has 0 bridgehead atoms. The second-order valence-corrected chi connectivity index (χ2v) is 10.5. The number of likely N-dealkylation sites (tertiary alicyclic amines) is 1. The number of carbonyl (C=O) groups is 3. The summed E-state index contributed by atoms with van der Waals surface area (Å²) in [6.07, 6.45) is 2.09. The number of phenolic OH excluding ortho intramolecular Hbond substituents is 1. The molecule has 0 spiro atoms. The molecule has 2 fully saturated rings. The number of hydrogen-bond donors (Lipinski definition) is 6. The smallest absolute Gasteiger partial charge is 0.255 e. The van der Waals surface area contributed by atoms with Crippen LogP contribution in [0, 0.1) is 11.8 Å². The molecule has 11 heteroatoms. The molecule has 204 valence electrons. The molecule has 0 aromatic heterocycles. The van der Waals surface area contributed by atoms with Gasteiger partial charge >= 0.3 is 0 Å². The second kappa shape index (κ2) is 9.11. The molecule has 5 rings (SSSR count). The molecule has 1 aliphatic heterocycles. The number of aliphatic hydroxyl groups is 3. The number of likely N-dealkylation sites (N-methyl/N-ethyl adjacent to an activating group) is 1. The zero-order chi connectivity index (χ0) is 27.7. The Kier molecular flexibility index (Phi) is 6.28. The van der Waals surface area contributed by atoms with Gasteiger partial charge in [0.2, 0.25) is 5.78 Å². The Morgan fingerprint density at radius 1 is 1.29 bits per heavy atom. The molecule has 0 unspecified atom stereocenters. The minimum absolute atomic E-state index is 0.0209. The standard InChI is InChI=1S/C27H33N3O8/c1-4-30-7-5-6-15(30)12-10-16(31)18-13(23(12)38-3)8-11-9-14-20(29-2)22(33)19(26(28)36)25(35)27(14,37)24(34)17(11)21(18)32/h10-11,14-15,20,29,31-32,35,37H,4-9H2,1-3H3,(H2,28,36)/t11-,14-,15-,20-,27-/m0/s1. The van der Waals surface area contributed by atoms with Crippen molar-refractivity contribution < 1.29 is 39.5 Å². The number of ketones is 2. The molecule has 1 saturated heterocycles. The fraction of sp³-hybridized carbons (Fsp3) is 0.519. The van der Waals surface area contributed by atoms with E-state index in [0.717, 1.165) is 31.5 Å². The van der Waals surface area contributed by atoms with E-state index in [0.29, 0.717) is 11.3 Å². The Labute approximate surface area is 219 Å². The van der Waals surface area contributed by atoms with Crippen LogP contribution in [0.15, 0.2) is 23.0 Å². The highest BCUT2D eigenvalue weighted by molar-refractivity contribution is 6.24. The van der Waals surface area contributed by atoms with E-state index in [1.54, 1.807) is 6.07 Å². The van der Waals surface area contributed by atoms with E-state index in [-0.39, 0.29) is 35.8 Å². The third-order valence-electron chi connectivity index (χ3n) is 8.82. The van der Waals surface area contributed by atoms with Gasteiger partial charge in [0.1, 0.15) is 28.6 Å². The summed E-state index contributed by atoms with van der Waals surface area (Å²) in [6, 6.07) is 0.401. The highest BCUT2D eigenvalue weighted by Gasteiger charge is 2.63. The number of phenols is 1. The van der Waals surface area contributed by atoms with E-state index in [2.05, 4.69) is 17.1 Å². The number of hydrogen-bond acceptors (Lipinski definition) is 10. The van der Waals surface area contributed by atoms with E-state index < -0.39 is 58.0 Å². The molecule has 0 radical (unpaired) electrons. The SMILES string of the molecule is CCN1CCC[C@H]1c1cc(O)c2c(c1OC)C[C@H]1C[C@H]3[C@H](NC)C(=O)C(C(N)=O)=C(O)[C@@]3(O)C(=O)C1=C2O. The number of fused-ring (bicyclic) bond motifs is 3. The minimum atomic E-state index is -2.66. The van der Waals surface area contributed by atoms with Gasteiger partial charge in [-0.15, -0.1) is 0 Å². The number of methoxy groups -OCH3 is 1. The second-order valence-electron chi connectivity index (χ2n) is 10.5. The molecule has 38 heavy (non-hydrogen) atoms. The molecule has 1 heterocycles. The first-order chi connectivity index (χ1) is 18.0. The number of primary amides is 1. The van der Waals surface area contributed by atoms with E-state index in [9.17, 15) is 34.8 Å². The normalized spacial score (nSPS) is 31.3. The number of amides is 1. The Morgan fingerprint density at radius 3 is 2.61 bits per heavy atom. The lowest BCUT2D eigenvalue weighted by Gasteiger charge is -2.49. The van der Waals surface area contributed by atoms with Gasteiger partial charge in [-0.05, 0) is 57.8 Å². The summed E-state index contributed by atoms with van der Waals surface area (Å²) >= 11 is 0. The quantitative estimate of drug-likeness (QED) is 0.299. The van der Waals surface area contributed by atoms with Crippen molar-refractivity contribution in [1.82, 2.24) is 10.2 Å². The van der Waals surface area contributed by atoms with Crippen LogP contribution < -0.4 is 15.8 Å². The number of carbonyl (C=O) groups excluding carboxylic acids is 3. The van der Waals surface area contributed by atoms with Crippen molar-refractivity contribution in [3.8, 4) is 11.5 Å². The molecule has 11 nitrogen and oxygen atoms in total. The monoisotopic (exact) mass is 527 g/mol. The van der Waals surface area contributed by atoms with Gasteiger partial charge in [0.25, 0.3) is 5.91 Å².